The summed E-state index contributed by atoms with van der Waals surface area (Å²) in [6.07, 6.45) is 12.0. The van der Waals surface area contributed by atoms with E-state index >= 15 is 0 Å². The Balaban J connectivity index is 1.55. The summed E-state index contributed by atoms with van der Waals surface area (Å²) in [6.45, 7) is 9.44. The lowest BCUT2D eigenvalue weighted by atomic mass is 9.54. The van der Waals surface area contributed by atoms with Crippen molar-refractivity contribution in [3.63, 3.8) is 0 Å². The van der Waals surface area contributed by atoms with Crippen LogP contribution in [0.4, 0.5) is 0 Å². The standard InChI is InChI=1S/C23H38O3Si/c1-22-13-11-18-17-12-14-23(24-2,25-3)15-16(17)7-8-19(18)20(22)9-10-21(22)26-27(4,5)6/h10,18-20H,7-9,11-15H2,1-6H3/t18?,19?,20?,22-/m0/s1. The van der Waals surface area contributed by atoms with E-state index in [2.05, 4.69) is 32.6 Å². The molecule has 4 heteroatoms. The molecule has 1 saturated carbocycles. The lowest BCUT2D eigenvalue weighted by molar-refractivity contribution is -0.213. The maximum Gasteiger partial charge on any atom is 0.241 e. The van der Waals surface area contributed by atoms with Gasteiger partial charge in [0.1, 0.15) is 0 Å². The number of allylic oxidation sites excluding steroid dienone is 3. The Morgan fingerprint density at radius 2 is 1.78 bits per heavy atom. The molecule has 4 aliphatic carbocycles. The molecule has 152 valence electrons. The molecule has 4 rings (SSSR count). The summed E-state index contributed by atoms with van der Waals surface area (Å²) in [4.78, 5) is 0. The Kier molecular flexibility index (Phi) is 4.92. The maximum atomic E-state index is 6.57. The monoisotopic (exact) mass is 390 g/mol. The molecule has 0 saturated heterocycles. The van der Waals surface area contributed by atoms with Crippen molar-refractivity contribution >= 4 is 8.32 Å². The van der Waals surface area contributed by atoms with Crippen molar-refractivity contribution in [2.45, 2.75) is 83.7 Å². The summed E-state index contributed by atoms with van der Waals surface area (Å²) >= 11 is 0. The number of fused-ring (bicyclic) bond motifs is 4. The Morgan fingerprint density at radius 1 is 1.04 bits per heavy atom. The highest BCUT2D eigenvalue weighted by atomic mass is 28.4. The second kappa shape index (κ2) is 6.74. The molecule has 0 aromatic carbocycles. The maximum absolute atomic E-state index is 6.57. The first-order valence-corrected chi connectivity index (χ1v) is 14.3. The largest absolute Gasteiger partial charge is 0.547 e. The third-order valence-electron chi connectivity index (χ3n) is 8.05. The lowest BCUT2D eigenvalue weighted by Crippen LogP contribution is -2.46. The van der Waals surface area contributed by atoms with Crippen LogP contribution >= 0.6 is 0 Å². The van der Waals surface area contributed by atoms with E-state index in [0.717, 1.165) is 37.0 Å². The first-order valence-electron chi connectivity index (χ1n) is 10.9. The molecule has 0 bridgehead atoms. The Bertz CT molecular complexity index is 655. The Hall–Kier alpha value is -0.583. The van der Waals surface area contributed by atoms with Gasteiger partial charge in [-0.1, -0.05) is 18.1 Å². The molecule has 0 aliphatic heterocycles. The molecular weight excluding hydrogens is 352 g/mol. The van der Waals surface area contributed by atoms with Crippen molar-refractivity contribution in [2.24, 2.45) is 23.2 Å². The number of hydrogen-bond donors (Lipinski definition) is 0. The van der Waals surface area contributed by atoms with Gasteiger partial charge in [-0.2, -0.15) is 0 Å². The normalized spacial score (nSPS) is 38.0. The van der Waals surface area contributed by atoms with E-state index in [1.807, 2.05) is 0 Å². The van der Waals surface area contributed by atoms with Gasteiger partial charge in [0.15, 0.2) is 5.79 Å². The van der Waals surface area contributed by atoms with E-state index in [1.165, 1.54) is 37.9 Å². The molecule has 0 aromatic rings. The van der Waals surface area contributed by atoms with E-state index in [1.54, 1.807) is 25.4 Å². The van der Waals surface area contributed by atoms with Crippen LogP contribution in [0.1, 0.15) is 58.3 Å². The van der Waals surface area contributed by atoms with Crippen LogP contribution in [0.25, 0.3) is 0 Å². The Labute approximate surface area is 166 Å². The molecule has 0 spiro atoms. The topological polar surface area (TPSA) is 27.7 Å². The van der Waals surface area contributed by atoms with E-state index in [4.69, 9.17) is 13.9 Å². The summed E-state index contributed by atoms with van der Waals surface area (Å²) in [5.41, 5.74) is 3.70. The number of ether oxygens (including phenoxy) is 2. The van der Waals surface area contributed by atoms with Crippen molar-refractivity contribution in [1.29, 1.82) is 0 Å². The summed E-state index contributed by atoms with van der Waals surface area (Å²) in [5.74, 6) is 3.36. The molecule has 0 heterocycles. The first kappa shape index (κ1) is 19.7. The SMILES string of the molecule is COC1(OC)CCC2=C(CCC3C2CC[C@]2(C)C(O[Si](C)(C)C)=CCC32)C1. The third kappa shape index (κ3) is 3.26. The second-order valence-corrected chi connectivity index (χ2v) is 14.9. The number of rotatable bonds is 4. The van der Waals surface area contributed by atoms with Gasteiger partial charge in [-0.15, -0.1) is 0 Å². The van der Waals surface area contributed by atoms with Crippen molar-refractivity contribution in [3.8, 4) is 0 Å². The highest BCUT2D eigenvalue weighted by Gasteiger charge is 2.54. The van der Waals surface area contributed by atoms with E-state index in [0.29, 0.717) is 0 Å². The Morgan fingerprint density at radius 3 is 2.44 bits per heavy atom. The van der Waals surface area contributed by atoms with Crippen LogP contribution in [0.2, 0.25) is 19.6 Å². The van der Waals surface area contributed by atoms with Gasteiger partial charge in [0.2, 0.25) is 8.32 Å². The van der Waals surface area contributed by atoms with Crippen LogP contribution < -0.4 is 0 Å². The minimum absolute atomic E-state index is 0.275. The van der Waals surface area contributed by atoms with Crippen molar-refractivity contribution in [2.75, 3.05) is 14.2 Å². The van der Waals surface area contributed by atoms with E-state index in [9.17, 15) is 0 Å². The minimum Gasteiger partial charge on any atom is -0.547 e. The van der Waals surface area contributed by atoms with Gasteiger partial charge in [0.05, 0.1) is 5.76 Å². The molecule has 0 aromatic heterocycles. The summed E-state index contributed by atoms with van der Waals surface area (Å²) in [6, 6.07) is 0. The highest BCUT2D eigenvalue weighted by molar-refractivity contribution is 6.70. The van der Waals surface area contributed by atoms with E-state index < -0.39 is 8.32 Å². The molecule has 3 unspecified atom stereocenters. The summed E-state index contributed by atoms with van der Waals surface area (Å²) < 4.78 is 18.1. The lowest BCUT2D eigenvalue weighted by Gasteiger charge is -2.52. The van der Waals surface area contributed by atoms with Crippen LogP contribution in [0, 0.1) is 23.2 Å². The van der Waals surface area contributed by atoms with Gasteiger partial charge in [0.25, 0.3) is 0 Å². The van der Waals surface area contributed by atoms with Crippen LogP contribution in [0.3, 0.4) is 0 Å². The molecule has 4 aliphatic rings. The summed E-state index contributed by atoms with van der Waals surface area (Å²) in [5, 5.41) is 0. The number of hydrogen-bond acceptors (Lipinski definition) is 3. The van der Waals surface area contributed by atoms with Crippen molar-refractivity contribution in [1.82, 2.24) is 0 Å². The fourth-order valence-corrected chi connectivity index (χ4v) is 7.61. The molecule has 0 amide bonds. The fraction of sp³-hybridized carbons (Fsp3) is 0.826. The zero-order valence-electron chi connectivity index (χ0n) is 18.2. The molecule has 4 atom stereocenters. The molecule has 27 heavy (non-hydrogen) atoms. The van der Waals surface area contributed by atoms with Crippen LogP contribution in [0.5, 0.6) is 0 Å². The molecule has 1 fully saturated rings. The predicted octanol–water partition coefficient (Wildman–Crippen LogP) is 6.04. The smallest absolute Gasteiger partial charge is 0.241 e. The average molecular weight is 391 g/mol. The first-order chi connectivity index (χ1) is 12.7. The predicted molar refractivity (Wildman–Crippen MR) is 112 cm³/mol. The van der Waals surface area contributed by atoms with Crippen molar-refractivity contribution < 1.29 is 13.9 Å². The molecule has 0 N–H and O–H groups in total. The van der Waals surface area contributed by atoms with Gasteiger partial charge in [-0.25, -0.2) is 0 Å². The summed E-state index contributed by atoms with van der Waals surface area (Å²) in [7, 11) is 2.06. The van der Waals surface area contributed by atoms with Crippen LogP contribution in [-0.4, -0.2) is 28.3 Å². The number of methoxy groups -OCH3 is 2. The second-order valence-electron chi connectivity index (χ2n) is 10.5. The highest BCUT2D eigenvalue weighted by Crippen LogP contribution is 2.62. The van der Waals surface area contributed by atoms with Gasteiger partial charge in [-0.3, -0.25) is 0 Å². The van der Waals surface area contributed by atoms with Gasteiger partial charge in [-0.05, 0) is 82.0 Å². The van der Waals surface area contributed by atoms with Crippen LogP contribution in [-0.2, 0) is 13.9 Å². The van der Waals surface area contributed by atoms with E-state index in [-0.39, 0.29) is 11.2 Å². The molecule has 3 nitrogen and oxygen atoms in total. The third-order valence-corrected chi connectivity index (χ3v) is 8.88. The zero-order chi connectivity index (χ0) is 19.4. The fourth-order valence-electron chi connectivity index (χ4n) is 6.64. The average Bonchev–Trinajstić information content (AvgIpc) is 2.96. The van der Waals surface area contributed by atoms with Gasteiger partial charge >= 0.3 is 0 Å². The van der Waals surface area contributed by atoms with Crippen molar-refractivity contribution in [3.05, 3.63) is 23.0 Å². The van der Waals surface area contributed by atoms with Gasteiger partial charge in [0, 0.05) is 32.5 Å². The molecule has 0 radical (unpaired) electrons. The molecular formula is C23H38O3Si. The zero-order valence-corrected chi connectivity index (χ0v) is 19.2. The van der Waals surface area contributed by atoms with Crippen LogP contribution in [0.15, 0.2) is 23.0 Å². The van der Waals surface area contributed by atoms with Gasteiger partial charge < -0.3 is 13.9 Å². The quantitative estimate of drug-likeness (QED) is 0.333. The minimum atomic E-state index is -1.55.